The molecule has 16 heavy (non-hydrogen) atoms. The van der Waals surface area contributed by atoms with Gasteiger partial charge in [-0.3, -0.25) is 0 Å². The zero-order chi connectivity index (χ0) is 11.8. The summed E-state index contributed by atoms with van der Waals surface area (Å²) in [6, 6.07) is 0.289. The lowest BCUT2D eigenvalue weighted by Gasteiger charge is -2.17. The minimum Gasteiger partial charge on any atom is -0.409 e. The molecule has 2 atom stereocenters. The van der Waals surface area contributed by atoms with Crippen molar-refractivity contribution in [2.45, 2.75) is 51.2 Å². The van der Waals surface area contributed by atoms with Gasteiger partial charge in [0.25, 0.3) is 0 Å². The van der Waals surface area contributed by atoms with Crippen molar-refractivity contribution in [2.24, 2.45) is 10.9 Å². The van der Waals surface area contributed by atoms with Crippen molar-refractivity contribution in [3.8, 4) is 0 Å². The van der Waals surface area contributed by atoms with Gasteiger partial charge >= 0.3 is 0 Å². The molecule has 0 bridgehead atoms. The highest BCUT2D eigenvalue weighted by atomic mass is 16.5. The Morgan fingerprint density at radius 1 is 1.69 bits per heavy atom. The molecule has 1 aliphatic rings. The first-order chi connectivity index (χ1) is 7.76. The van der Waals surface area contributed by atoms with Crippen LogP contribution in [0.5, 0.6) is 0 Å². The molecule has 1 aliphatic heterocycles. The molecule has 0 aromatic rings. The number of hydrogen-bond acceptors (Lipinski definition) is 4. The maximum Gasteiger partial charge on any atom is 0.140 e. The Bertz CT molecular complexity index is 215. The minimum absolute atomic E-state index is 0.288. The average Bonchev–Trinajstić information content (AvgIpc) is 2.80. The second kappa shape index (κ2) is 7.46. The molecule has 5 nitrogen and oxygen atoms in total. The molecule has 1 rings (SSSR count). The van der Waals surface area contributed by atoms with Crippen molar-refractivity contribution in [3.05, 3.63) is 0 Å². The lowest BCUT2D eigenvalue weighted by molar-refractivity contribution is 0.103. The van der Waals surface area contributed by atoms with E-state index in [1.807, 2.05) is 0 Å². The molecule has 4 N–H and O–H groups in total. The van der Waals surface area contributed by atoms with Gasteiger partial charge in [0.15, 0.2) is 0 Å². The van der Waals surface area contributed by atoms with Crippen LogP contribution in [0, 0.1) is 0 Å². The summed E-state index contributed by atoms with van der Waals surface area (Å²) in [5, 5.41) is 14.9. The van der Waals surface area contributed by atoms with Crippen LogP contribution in [0.15, 0.2) is 5.16 Å². The lowest BCUT2D eigenvalue weighted by Crippen LogP contribution is -2.34. The van der Waals surface area contributed by atoms with Crippen LogP contribution in [0.3, 0.4) is 0 Å². The van der Waals surface area contributed by atoms with E-state index in [9.17, 15) is 0 Å². The molecular weight excluding hydrogens is 206 g/mol. The molecule has 1 saturated heterocycles. The third-order valence-corrected chi connectivity index (χ3v) is 3.00. The van der Waals surface area contributed by atoms with Crippen molar-refractivity contribution >= 4 is 5.84 Å². The fraction of sp³-hybridized carbons (Fsp3) is 0.909. The molecule has 1 heterocycles. The maximum absolute atomic E-state index is 8.49. The monoisotopic (exact) mass is 229 g/mol. The molecule has 94 valence electrons. The number of rotatable bonds is 7. The summed E-state index contributed by atoms with van der Waals surface area (Å²) in [6.45, 7) is 3.93. The number of nitrogens with zero attached hydrogens (tertiary/aromatic N) is 1. The van der Waals surface area contributed by atoms with Crippen LogP contribution in [0.25, 0.3) is 0 Å². The Balaban J connectivity index is 2.12. The molecule has 2 unspecified atom stereocenters. The summed E-state index contributed by atoms with van der Waals surface area (Å²) in [7, 11) is 0. The normalized spacial score (nSPS) is 23.6. The quantitative estimate of drug-likeness (QED) is 0.264. The Kier molecular flexibility index (Phi) is 6.18. The summed E-state index contributed by atoms with van der Waals surface area (Å²) < 4.78 is 5.54. The van der Waals surface area contributed by atoms with Gasteiger partial charge < -0.3 is 21.0 Å². The molecule has 5 heteroatoms. The first-order valence-electron chi connectivity index (χ1n) is 6.07. The fourth-order valence-electron chi connectivity index (χ4n) is 1.97. The fourth-order valence-corrected chi connectivity index (χ4v) is 1.97. The molecule has 0 saturated carbocycles. The SMILES string of the molecule is CCC(CC(N)=NO)NCCC1CCCO1. The van der Waals surface area contributed by atoms with E-state index in [1.54, 1.807) is 0 Å². The van der Waals surface area contributed by atoms with Crippen LogP contribution in [0.2, 0.25) is 0 Å². The van der Waals surface area contributed by atoms with E-state index in [2.05, 4.69) is 17.4 Å². The summed E-state index contributed by atoms with van der Waals surface area (Å²) in [4.78, 5) is 0. The summed E-state index contributed by atoms with van der Waals surface area (Å²) in [5.41, 5.74) is 5.48. The highest BCUT2D eigenvalue weighted by Crippen LogP contribution is 2.14. The van der Waals surface area contributed by atoms with Gasteiger partial charge in [0.1, 0.15) is 5.84 Å². The van der Waals surface area contributed by atoms with Gasteiger partial charge in [-0.05, 0) is 32.2 Å². The van der Waals surface area contributed by atoms with E-state index in [1.165, 1.54) is 12.8 Å². The number of oxime groups is 1. The van der Waals surface area contributed by atoms with Crippen molar-refractivity contribution in [1.29, 1.82) is 0 Å². The molecular formula is C11H23N3O2. The van der Waals surface area contributed by atoms with Crippen molar-refractivity contribution in [1.82, 2.24) is 5.32 Å². The number of ether oxygens (including phenoxy) is 1. The van der Waals surface area contributed by atoms with Crippen LogP contribution in [-0.4, -0.2) is 36.3 Å². The smallest absolute Gasteiger partial charge is 0.140 e. The lowest BCUT2D eigenvalue weighted by atomic mass is 10.1. The van der Waals surface area contributed by atoms with Crippen LogP contribution >= 0.6 is 0 Å². The highest BCUT2D eigenvalue weighted by Gasteiger charge is 2.15. The topological polar surface area (TPSA) is 79.9 Å². The first-order valence-corrected chi connectivity index (χ1v) is 6.07. The van der Waals surface area contributed by atoms with Crippen LogP contribution in [0.4, 0.5) is 0 Å². The van der Waals surface area contributed by atoms with Crippen LogP contribution in [0.1, 0.15) is 39.0 Å². The molecule has 1 fully saturated rings. The largest absolute Gasteiger partial charge is 0.409 e. The Hall–Kier alpha value is -0.810. The Morgan fingerprint density at radius 3 is 3.06 bits per heavy atom. The number of hydrogen-bond donors (Lipinski definition) is 3. The van der Waals surface area contributed by atoms with Crippen molar-refractivity contribution in [2.75, 3.05) is 13.2 Å². The molecule has 0 aliphatic carbocycles. The van der Waals surface area contributed by atoms with Crippen LogP contribution in [-0.2, 0) is 4.74 Å². The van der Waals surface area contributed by atoms with Gasteiger partial charge in [-0.15, -0.1) is 0 Å². The Labute approximate surface area is 97.0 Å². The van der Waals surface area contributed by atoms with Gasteiger partial charge in [-0.2, -0.15) is 0 Å². The molecule has 0 aromatic carbocycles. The van der Waals surface area contributed by atoms with Crippen molar-refractivity contribution < 1.29 is 9.94 Å². The minimum atomic E-state index is 0.288. The van der Waals surface area contributed by atoms with E-state index in [0.29, 0.717) is 12.5 Å². The third-order valence-electron chi connectivity index (χ3n) is 3.00. The van der Waals surface area contributed by atoms with Gasteiger partial charge in [0.2, 0.25) is 0 Å². The molecule has 0 amide bonds. The first kappa shape index (κ1) is 13.3. The molecule has 0 aromatic heterocycles. The second-order valence-electron chi connectivity index (χ2n) is 4.28. The Morgan fingerprint density at radius 2 is 2.50 bits per heavy atom. The van der Waals surface area contributed by atoms with E-state index >= 15 is 0 Å². The second-order valence-corrected chi connectivity index (χ2v) is 4.28. The summed E-state index contributed by atoms with van der Waals surface area (Å²) >= 11 is 0. The van der Waals surface area contributed by atoms with Crippen molar-refractivity contribution in [3.63, 3.8) is 0 Å². The predicted octanol–water partition coefficient (Wildman–Crippen LogP) is 1.06. The standard InChI is InChI=1S/C11H23N3O2/c1-2-9(8-11(12)14-15)13-6-5-10-4-3-7-16-10/h9-10,13,15H,2-8H2,1H3,(H2,12,14). The van der Waals surface area contributed by atoms with Gasteiger partial charge in [-0.1, -0.05) is 12.1 Å². The number of amidine groups is 1. The zero-order valence-electron chi connectivity index (χ0n) is 9.98. The highest BCUT2D eigenvalue weighted by molar-refractivity contribution is 5.80. The maximum atomic E-state index is 8.49. The predicted molar refractivity (Wildman–Crippen MR) is 63.7 cm³/mol. The number of nitrogens with one attached hydrogen (secondary N) is 1. The molecule has 0 spiro atoms. The summed E-state index contributed by atoms with van der Waals surface area (Å²) in [6.07, 6.45) is 5.41. The summed E-state index contributed by atoms with van der Waals surface area (Å²) in [5.74, 6) is 0.288. The molecule has 0 radical (unpaired) electrons. The van der Waals surface area contributed by atoms with E-state index < -0.39 is 0 Å². The average molecular weight is 229 g/mol. The van der Waals surface area contributed by atoms with E-state index in [-0.39, 0.29) is 11.9 Å². The number of nitrogens with two attached hydrogens (primary N) is 1. The van der Waals surface area contributed by atoms with E-state index in [4.69, 9.17) is 15.7 Å². The van der Waals surface area contributed by atoms with Gasteiger partial charge in [0.05, 0.1) is 6.10 Å². The van der Waals surface area contributed by atoms with Gasteiger partial charge in [0, 0.05) is 19.1 Å². The third kappa shape index (κ3) is 4.81. The van der Waals surface area contributed by atoms with Gasteiger partial charge in [-0.25, -0.2) is 0 Å². The van der Waals surface area contributed by atoms with E-state index in [0.717, 1.165) is 26.0 Å². The van der Waals surface area contributed by atoms with Crippen LogP contribution < -0.4 is 11.1 Å². The zero-order valence-corrected chi connectivity index (χ0v) is 9.98.